The SMILES string of the molecule is C#CCCCn1nc(C(=O)N[C@H](C(=O)NC)C(C)(C)C)c2ccccc21. The van der Waals surface area contributed by atoms with Crippen LogP contribution < -0.4 is 10.6 Å². The second kappa shape index (κ2) is 8.05. The number of hydrogen-bond acceptors (Lipinski definition) is 3. The van der Waals surface area contributed by atoms with Gasteiger partial charge in [-0.15, -0.1) is 12.3 Å². The first-order valence-electron chi connectivity index (χ1n) is 8.71. The van der Waals surface area contributed by atoms with Crippen LogP contribution in [0.5, 0.6) is 0 Å². The fraction of sp³-hybridized carbons (Fsp3) is 0.450. The number of amides is 2. The van der Waals surface area contributed by atoms with E-state index in [1.165, 1.54) is 0 Å². The van der Waals surface area contributed by atoms with Gasteiger partial charge in [-0.1, -0.05) is 39.0 Å². The molecule has 138 valence electrons. The summed E-state index contributed by atoms with van der Waals surface area (Å²) < 4.78 is 1.80. The molecule has 0 radical (unpaired) electrons. The molecule has 2 rings (SSSR count). The molecule has 2 amide bonds. The Morgan fingerprint density at radius 2 is 2.00 bits per heavy atom. The summed E-state index contributed by atoms with van der Waals surface area (Å²) in [4.78, 5) is 25.1. The van der Waals surface area contributed by atoms with Crippen molar-refractivity contribution < 1.29 is 9.59 Å². The normalized spacial score (nSPS) is 12.4. The third-order valence-electron chi connectivity index (χ3n) is 4.21. The first kappa shape index (κ1) is 19.5. The number of nitrogens with zero attached hydrogens (tertiary/aromatic N) is 2. The van der Waals surface area contributed by atoms with Crippen LogP contribution in [0, 0.1) is 17.8 Å². The van der Waals surface area contributed by atoms with E-state index in [0.29, 0.717) is 18.7 Å². The third-order valence-corrected chi connectivity index (χ3v) is 4.21. The highest BCUT2D eigenvalue weighted by atomic mass is 16.2. The Morgan fingerprint density at radius 1 is 1.31 bits per heavy atom. The molecule has 0 aliphatic carbocycles. The van der Waals surface area contributed by atoms with E-state index in [2.05, 4.69) is 21.7 Å². The molecule has 1 heterocycles. The van der Waals surface area contributed by atoms with Gasteiger partial charge in [0.15, 0.2) is 5.69 Å². The topological polar surface area (TPSA) is 76.0 Å². The van der Waals surface area contributed by atoms with Gasteiger partial charge in [-0.25, -0.2) is 0 Å². The monoisotopic (exact) mass is 354 g/mol. The average molecular weight is 354 g/mol. The van der Waals surface area contributed by atoms with Crippen LogP contribution >= 0.6 is 0 Å². The zero-order chi connectivity index (χ0) is 19.3. The fourth-order valence-electron chi connectivity index (χ4n) is 2.82. The van der Waals surface area contributed by atoms with Crippen molar-refractivity contribution in [3.63, 3.8) is 0 Å². The molecule has 6 heteroatoms. The van der Waals surface area contributed by atoms with Crippen molar-refractivity contribution in [1.29, 1.82) is 0 Å². The number of carbonyl (C=O) groups is 2. The van der Waals surface area contributed by atoms with Crippen molar-refractivity contribution in [1.82, 2.24) is 20.4 Å². The predicted octanol–water partition coefficient (Wildman–Crippen LogP) is 2.34. The zero-order valence-electron chi connectivity index (χ0n) is 15.8. The van der Waals surface area contributed by atoms with Gasteiger partial charge in [0.05, 0.1) is 5.52 Å². The number of nitrogens with one attached hydrogen (secondary N) is 2. The summed E-state index contributed by atoms with van der Waals surface area (Å²) in [7, 11) is 1.56. The highest BCUT2D eigenvalue weighted by Gasteiger charge is 2.33. The van der Waals surface area contributed by atoms with Crippen molar-refractivity contribution >= 4 is 22.7 Å². The summed E-state index contributed by atoms with van der Waals surface area (Å²) in [6, 6.07) is 6.90. The van der Waals surface area contributed by atoms with Crippen LogP contribution in [0.2, 0.25) is 0 Å². The summed E-state index contributed by atoms with van der Waals surface area (Å²) in [5.41, 5.74) is 0.766. The molecule has 0 unspecified atom stereocenters. The van der Waals surface area contributed by atoms with Gasteiger partial charge in [-0.3, -0.25) is 14.3 Å². The van der Waals surface area contributed by atoms with E-state index in [9.17, 15) is 9.59 Å². The molecule has 0 aliphatic heterocycles. The maximum atomic E-state index is 12.9. The molecule has 2 aromatic rings. The molecule has 1 atom stereocenters. The molecule has 0 bridgehead atoms. The second-order valence-corrected chi connectivity index (χ2v) is 7.28. The Kier molecular flexibility index (Phi) is 6.04. The van der Waals surface area contributed by atoms with E-state index < -0.39 is 11.5 Å². The lowest BCUT2D eigenvalue weighted by molar-refractivity contribution is -0.124. The van der Waals surface area contributed by atoms with Gasteiger partial charge in [-0.2, -0.15) is 5.10 Å². The Balaban J connectivity index is 2.35. The highest BCUT2D eigenvalue weighted by molar-refractivity contribution is 6.06. The first-order valence-corrected chi connectivity index (χ1v) is 8.71. The van der Waals surface area contributed by atoms with Gasteiger partial charge in [0.25, 0.3) is 5.91 Å². The van der Waals surface area contributed by atoms with Crippen LogP contribution in [0.15, 0.2) is 24.3 Å². The first-order chi connectivity index (χ1) is 12.3. The molecule has 2 N–H and O–H groups in total. The van der Waals surface area contributed by atoms with Gasteiger partial charge >= 0.3 is 0 Å². The van der Waals surface area contributed by atoms with Gasteiger partial charge in [0.2, 0.25) is 5.91 Å². The molecule has 0 spiro atoms. The molecule has 0 aliphatic rings. The van der Waals surface area contributed by atoms with E-state index in [0.717, 1.165) is 17.3 Å². The van der Waals surface area contributed by atoms with E-state index in [-0.39, 0.29) is 11.8 Å². The van der Waals surface area contributed by atoms with Crippen LogP contribution in [0.4, 0.5) is 0 Å². The lowest BCUT2D eigenvalue weighted by Gasteiger charge is -2.29. The van der Waals surface area contributed by atoms with Crippen LogP contribution in [-0.4, -0.2) is 34.7 Å². The zero-order valence-corrected chi connectivity index (χ0v) is 15.8. The number of fused-ring (bicyclic) bond motifs is 1. The number of terminal acetylenes is 1. The molecule has 0 saturated carbocycles. The van der Waals surface area contributed by atoms with Crippen LogP contribution in [0.1, 0.15) is 44.1 Å². The number of carbonyl (C=O) groups excluding carboxylic acids is 2. The van der Waals surface area contributed by atoms with Crippen molar-refractivity contribution in [2.75, 3.05) is 7.05 Å². The minimum Gasteiger partial charge on any atom is -0.357 e. The molecule has 6 nitrogen and oxygen atoms in total. The van der Waals surface area contributed by atoms with Crippen molar-refractivity contribution in [2.24, 2.45) is 5.41 Å². The van der Waals surface area contributed by atoms with Crippen molar-refractivity contribution in [2.45, 2.75) is 46.2 Å². The van der Waals surface area contributed by atoms with Gasteiger partial charge in [-0.05, 0) is 17.9 Å². The average Bonchev–Trinajstić information content (AvgIpc) is 2.97. The van der Waals surface area contributed by atoms with E-state index in [1.807, 2.05) is 45.0 Å². The van der Waals surface area contributed by atoms with Crippen molar-refractivity contribution in [3.8, 4) is 12.3 Å². The number of aromatic nitrogens is 2. The Labute approximate surface area is 154 Å². The third kappa shape index (κ3) is 4.23. The molecular weight excluding hydrogens is 328 g/mol. The molecule has 26 heavy (non-hydrogen) atoms. The van der Waals surface area contributed by atoms with Gasteiger partial charge in [0, 0.05) is 25.4 Å². The number of para-hydroxylation sites is 1. The van der Waals surface area contributed by atoms with E-state index in [1.54, 1.807) is 11.7 Å². The Bertz CT molecular complexity index is 840. The molecular formula is C20H26N4O2. The number of aryl methyl sites for hydroxylation is 1. The smallest absolute Gasteiger partial charge is 0.273 e. The lowest BCUT2D eigenvalue weighted by Crippen LogP contribution is -2.53. The van der Waals surface area contributed by atoms with Gasteiger partial charge in [0.1, 0.15) is 6.04 Å². The summed E-state index contributed by atoms with van der Waals surface area (Å²) in [6.07, 6.45) is 6.75. The van der Waals surface area contributed by atoms with E-state index in [4.69, 9.17) is 6.42 Å². The molecule has 1 aromatic carbocycles. The summed E-state index contributed by atoms with van der Waals surface area (Å²) >= 11 is 0. The quantitative estimate of drug-likeness (QED) is 0.617. The fourth-order valence-corrected chi connectivity index (χ4v) is 2.82. The maximum Gasteiger partial charge on any atom is 0.273 e. The number of unbranched alkanes of at least 4 members (excludes halogenated alkanes) is 1. The Hall–Kier alpha value is -2.81. The standard InChI is InChI=1S/C20H26N4O2/c1-6-7-10-13-24-15-12-9-8-11-14(15)16(23-24)18(25)22-17(19(26)21-5)20(2,3)4/h1,8-9,11-12,17H,7,10,13H2,2-5H3,(H,21,26)(H,22,25)/t17-/m1/s1. The summed E-state index contributed by atoms with van der Waals surface area (Å²) in [5.74, 6) is 2.02. The van der Waals surface area contributed by atoms with Crippen molar-refractivity contribution in [3.05, 3.63) is 30.0 Å². The highest BCUT2D eigenvalue weighted by Crippen LogP contribution is 2.22. The minimum atomic E-state index is -0.662. The Morgan fingerprint density at radius 3 is 2.62 bits per heavy atom. The molecule has 1 aromatic heterocycles. The number of rotatable bonds is 6. The number of hydrogen-bond donors (Lipinski definition) is 2. The largest absolute Gasteiger partial charge is 0.357 e. The summed E-state index contributed by atoms with van der Waals surface area (Å²) in [5, 5.41) is 10.7. The molecule has 0 fully saturated rings. The minimum absolute atomic E-state index is 0.233. The predicted molar refractivity (Wildman–Crippen MR) is 103 cm³/mol. The summed E-state index contributed by atoms with van der Waals surface area (Å²) in [6.45, 7) is 6.35. The van der Waals surface area contributed by atoms with E-state index >= 15 is 0 Å². The maximum absolute atomic E-state index is 12.9. The van der Waals surface area contributed by atoms with Crippen LogP contribution in [-0.2, 0) is 11.3 Å². The number of benzene rings is 1. The lowest BCUT2D eigenvalue weighted by atomic mass is 9.86. The van der Waals surface area contributed by atoms with Gasteiger partial charge < -0.3 is 10.6 Å². The second-order valence-electron chi connectivity index (χ2n) is 7.28. The molecule has 0 saturated heterocycles. The number of likely N-dealkylation sites (N-methyl/N-ethyl adjacent to an activating group) is 1. The van der Waals surface area contributed by atoms with Crippen LogP contribution in [0.25, 0.3) is 10.9 Å². The van der Waals surface area contributed by atoms with Crippen LogP contribution in [0.3, 0.4) is 0 Å².